The maximum absolute atomic E-state index is 13.4. The molecule has 0 bridgehead atoms. The first-order valence-electron chi connectivity index (χ1n) is 14.4. The second kappa shape index (κ2) is 12.0. The van der Waals surface area contributed by atoms with Crippen molar-refractivity contribution in [2.24, 2.45) is 0 Å². The Bertz CT molecular complexity index is 1390. The first kappa shape index (κ1) is 26.1. The number of hydrogen-bond acceptors (Lipinski definition) is 4. The Morgan fingerprint density at radius 3 is 2.10 bits per heavy atom. The Labute approximate surface area is 237 Å². The Morgan fingerprint density at radius 2 is 1.43 bits per heavy atom. The van der Waals surface area contributed by atoms with E-state index in [9.17, 15) is 9.90 Å². The zero-order valence-electron chi connectivity index (χ0n) is 23.0. The third kappa shape index (κ3) is 5.90. The molecule has 0 aromatic heterocycles. The number of benzene rings is 4. The molecule has 2 heterocycles. The summed E-state index contributed by atoms with van der Waals surface area (Å²) in [4.78, 5) is 20.3. The van der Waals surface area contributed by atoms with Gasteiger partial charge in [-0.15, -0.1) is 0 Å². The lowest BCUT2D eigenvalue weighted by atomic mass is 9.88. The van der Waals surface area contributed by atoms with Gasteiger partial charge >= 0.3 is 0 Å². The fourth-order valence-corrected chi connectivity index (χ4v) is 6.17. The fourth-order valence-electron chi connectivity index (χ4n) is 6.17. The lowest BCUT2D eigenvalue weighted by Gasteiger charge is -2.37. The van der Waals surface area contributed by atoms with Gasteiger partial charge in [0.2, 0.25) is 0 Å². The van der Waals surface area contributed by atoms with E-state index in [4.69, 9.17) is 0 Å². The van der Waals surface area contributed by atoms with Crippen LogP contribution in [0.1, 0.15) is 45.0 Å². The molecule has 1 fully saturated rings. The molecular formula is C35H37N3O2. The van der Waals surface area contributed by atoms with Crippen molar-refractivity contribution in [3.8, 4) is 5.75 Å². The molecule has 4 aromatic rings. The molecule has 1 saturated heterocycles. The van der Waals surface area contributed by atoms with Crippen LogP contribution in [0.2, 0.25) is 0 Å². The van der Waals surface area contributed by atoms with Gasteiger partial charge in [-0.2, -0.15) is 0 Å². The number of amides is 1. The highest BCUT2D eigenvalue weighted by atomic mass is 16.3. The molecule has 0 saturated carbocycles. The summed E-state index contributed by atoms with van der Waals surface area (Å²) in [5.41, 5.74) is 6.80. The summed E-state index contributed by atoms with van der Waals surface area (Å²) in [6.07, 6.45) is 1.95. The van der Waals surface area contributed by atoms with E-state index in [0.29, 0.717) is 19.0 Å². The van der Waals surface area contributed by atoms with Crippen LogP contribution in [-0.4, -0.2) is 60.1 Å². The van der Waals surface area contributed by atoms with E-state index in [0.717, 1.165) is 67.9 Å². The van der Waals surface area contributed by atoms with Crippen LogP contribution in [0.15, 0.2) is 103 Å². The van der Waals surface area contributed by atoms with Gasteiger partial charge in [-0.25, -0.2) is 0 Å². The van der Waals surface area contributed by atoms with Crippen LogP contribution in [0.25, 0.3) is 0 Å². The van der Waals surface area contributed by atoms with Gasteiger partial charge in [0.25, 0.3) is 5.91 Å². The number of piperazine rings is 1. The van der Waals surface area contributed by atoms with E-state index in [2.05, 4.69) is 88.7 Å². The van der Waals surface area contributed by atoms with Crippen molar-refractivity contribution in [2.45, 2.75) is 25.3 Å². The maximum atomic E-state index is 13.4. The van der Waals surface area contributed by atoms with E-state index in [-0.39, 0.29) is 11.7 Å². The number of phenols is 1. The van der Waals surface area contributed by atoms with Crippen LogP contribution in [0.3, 0.4) is 0 Å². The smallest absolute Gasteiger partial charge is 0.254 e. The van der Waals surface area contributed by atoms with Crippen LogP contribution in [0.4, 0.5) is 5.69 Å². The number of phenolic OH excluding ortho intramolecular Hbond substituents is 1. The first-order chi connectivity index (χ1) is 19.6. The van der Waals surface area contributed by atoms with Crippen molar-refractivity contribution in [3.05, 3.63) is 131 Å². The van der Waals surface area contributed by atoms with Crippen LogP contribution >= 0.6 is 0 Å². The normalized spacial score (nSPS) is 15.9. The topological polar surface area (TPSA) is 47.0 Å². The number of fused-ring (bicyclic) bond motifs is 1. The first-order valence-corrected chi connectivity index (χ1v) is 14.4. The van der Waals surface area contributed by atoms with Gasteiger partial charge in [0.15, 0.2) is 0 Å². The van der Waals surface area contributed by atoms with E-state index >= 15 is 0 Å². The fraction of sp³-hybridized carbons (Fsp3) is 0.286. The molecule has 0 radical (unpaired) electrons. The summed E-state index contributed by atoms with van der Waals surface area (Å²) in [5, 5.41) is 9.82. The number of anilines is 1. The SMILES string of the molecule is O=C1c2cc(N3CCN(CCC(c4ccccc4)c4ccccc4)CC3)ccc2CCN1Cc1cccc(O)c1. The molecule has 5 heteroatoms. The van der Waals surface area contributed by atoms with Crippen molar-refractivity contribution in [2.75, 3.05) is 44.2 Å². The van der Waals surface area contributed by atoms with E-state index in [1.807, 2.05) is 17.0 Å². The van der Waals surface area contributed by atoms with Gasteiger partial charge in [-0.05, 0) is 65.9 Å². The molecule has 0 atom stereocenters. The molecule has 0 unspecified atom stereocenters. The Hall–Kier alpha value is -4.09. The molecule has 0 spiro atoms. The minimum atomic E-state index is 0.0814. The summed E-state index contributed by atoms with van der Waals surface area (Å²) in [5.74, 6) is 0.715. The highest BCUT2D eigenvalue weighted by molar-refractivity contribution is 5.97. The maximum Gasteiger partial charge on any atom is 0.254 e. The van der Waals surface area contributed by atoms with Crippen LogP contribution in [0.5, 0.6) is 5.75 Å². The molecule has 0 aliphatic carbocycles. The van der Waals surface area contributed by atoms with Crippen molar-refractivity contribution in [1.29, 1.82) is 0 Å². The molecule has 40 heavy (non-hydrogen) atoms. The zero-order valence-corrected chi connectivity index (χ0v) is 23.0. The van der Waals surface area contributed by atoms with Crippen LogP contribution in [0, 0.1) is 0 Å². The largest absolute Gasteiger partial charge is 0.508 e. The minimum absolute atomic E-state index is 0.0814. The van der Waals surface area contributed by atoms with Crippen LogP contribution < -0.4 is 4.90 Å². The second-order valence-corrected chi connectivity index (χ2v) is 11.0. The number of carbonyl (C=O) groups is 1. The minimum Gasteiger partial charge on any atom is -0.508 e. The van der Waals surface area contributed by atoms with Gasteiger partial charge in [0.05, 0.1) is 0 Å². The van der Waals surface area contributed by atoms with Gasteiger partial charge in [-0.1, -0.05) is 78.9 Å². The average Bonchev–Trinajstić information content (AvgIpc) is 3.00. The van der Waals surface area contributed by atoms with E-state index in [1.165, 1.54) is 11.1 Å². The van der Waals surface area contributed by atoms with E-state index in [1.54, 1.807) is 12.1 Å². The predicted octanol–water partition coefficient (Wildman–Crippen LogP) is 5.93. The predicted molar refractivity (Wildman–Crippen MR) is 161 cm³/mol. The third-order valence-electron chi connectivity index (χ3n) is 8.42. The van der Waals surface area contributed by atoms with Gasteiger partial charge in [-0.3, -0.25) is 9.69 Å². The average molecular weight is 532 g/mol. The number of hydrogen-bond donors (Lipinski definition) is 1. The molecule has 1 N–H and O–H groups in total. The lowest BCUT2D eigenvalue weighted by Crippen LogP contribution is -2.47. The number of nitrogens with zero attached hydrogens (tertiary/aromatic N) is 3. The standard InChI is InChI=1S/C35H37N3O2/c39-32-13-7-8-27(24-32)26-38-19-16-30-14-15-31(25-34(30)35(38)40)37-22-20-36(21-23-37)18-17-33(28-9-3-1-4-10-28)29-11-5-2-6-12-29/h1-15,24-25,33,39H,16-23,26H2. The number of carbonyl (C=O) groups excluding carboxylic acids is 1. The molecule has 2 aliphatic rings. The van der Waals surface area contributed by atoms with E-state index < -0.39 is 0 Å². The van der Waals surface area contributed by atoms with Crippen molar-refractivity contribution in [1.82, 2.24) is 9.80 Å². The molecule has 204 valence electrons. The summed E-state index contributed by atoms with van der Waals surface area (Å²) >= 11 is 0. The second-order valence-electron chi connectivity index (χ2n) is 11.0. The van der Waals surface area contributed by atoms with Crippen LogP contribution in [-0.2, 0) is 13.0 Å². The monoisotopic (exact) mass is 531 g/mol. The molecule has 1 amide bonds. The summed E-state index contributed by atoms with van der Waals surface area (Å²) in [7, 11) is 0. The summed E-state index contributed by atoms with van der Waals surface area (Å²) in [6.45, 7) is 6.24. The molecule has 6 rings (SSSR count). The van der Waals surface area contributed by atoms with Gasteiger partial charge in [0.1, 0.15) is 5.75 Å². The summed E-state index contributed by atoms with van der Waals surface area (Å²) < 4.78 is 0. The number of rotatable bonds is 8. The quantitative estimate of drug-likeness (QED) is 0.306. The summed E-state index contributed by atoms with van der Waals surface area (Å²) in [6, 6.07) is 35.3. The van der Waals surface area contributed by atoms with Crippen molar-refractivity contribution in [3.63, 3.8) is 0 Å². The number of aromatic hydroxyl groups is 1. The molecule has 2 aliphatic heterocycles. The third-order valence-corrected chi connectivity index (χ3v) is 8.42. The molecular weight excluding hydrogens is 494 g/mol. The highest BCUT2D eigenvalue weighted by Gasteiger charge is 2.26. The van der Waals surface area contributed by atoms with Crippen molar-refractivity contribution < 1.29 is 9.90 Å². The Balaban J connectivity index is 1.08. The highest BCUT2D eigenvalue weighted by Crippen LogP contribution is 2.30. The van der Waals surface area contributed by atoms with Gasteiger partial charge < -0.3 is 14.9 Å². The lowest BCUT2D eigenvalue weighted by molar-refractivity contribution is 0.0727. The Morgan fingerprint density at radius 1 is 0.725 bits per heavy atom. The van der Waals surface area contributed by atoms with Gasteiger partial charge in [0, 0.05) is 56.4 Å². The Kier molecular flexibility index (Phi) is 7.83. The zero-order chi connectivity index (χ0) is 27.3. The van der Waals surface area contributed by atoms with Crippen molar-refractivity contribution >= 4 is 11.6 Å². The molecule has 5 nitrogen and oxygen atoms in total. The molecule has 4 aromatic carbocycles.